The molecule has 260 valence electrons. The first kappa shape index (κ1) is 38.8. The van der Waals surface area contributed by atoms with E-state index in [1.165, 1.54) is 0 Å². The van der Waals surface area contributed by atoms with Gasteiger partial charge in [-0.3, -0.25) is 14.3 Å². The molecule has 1 aliphatic rings. The summed E-state index contributed by atoms with van der Waals surface area (Å²) in [5.74, 6) is -3.28. The maximum atomic E-state index is 13.5. The van der Waals surface area contributed by atoms with Gasteiger partial charge in [0.2, 0.25) is 0 Å². The van der Waals surface area contributed by atoms with Crippen LogP contribution in [0.25, 0.3) is 11.3 Å². The Labute approximate surface area is 287 Å². The van der Waals surface area contributed by atoms with Crippen LogP contribution in [0.1, 0.15) is 73.6 Å². The minimum atomic E-state index is -1.14. The van der Waals surface area contributed by atoms with Gasteiger partial charge in [0.1, 0.15) is 35.9 Å². The zero-order valence-electron chi connectivity index (χ0n) is 29.4. The Hall–Kier alpha value is -3.69. The first-order chi connectivity index (χ1) is 22.9. The summed E-state index contributed by atoms with van der Waals surface area (Å²) < 4.78 is 13.9. The number of nitrogens with two attached hydrogens (primary N) is 1. The Morgan fingerprint density at radius 2 is 2.02 bits per heavy atom. The van der Waals surface area contributed by atoms with E-state index in [1.807, 2.05) is 55.9 Å². The number of nitrogen functional groups attached to an aromatic ring is 1. The lowest BCUT2D eigenvalue weighted by molar-refractivity contribution is -0.173. The van der Waals surface area contributed by atoms with Crippen LogP contribution in [0.2, 0.25) is 5.82 Å². The van der Waals surface area contributed by atoms with Gasteiger partial charge in [-0.05, 0) is 83.5 Å². The van der Waals surface area contributed by atoms with Gasteiger partial charge in [0.05, 0.1) is 20.1 Å². The highest BCUT2D eigenvalue weighted by Crippen LogP contribution is 2.35. The van der Waals surface area contributed by atoms with Crippen molar-refractivity contribution >= 4 is 31.6 Å². The average Bonchev–Trinajstić information content (AvgIpc) is 3.54. The molecule has 0 bridgehead atoms. The third-order valence-electron chi connectivity index (χ3n) is 9.81. The normalized spacial score (nSPS) is 30.8. The number of nitrogens with one attached hydrogen (secondary N) is 2. The van der Waals surface area contributed by atoms with Crippen LogP contribution in [0.3, 0.4) is 0 Å². The predicted molar refractivity (Wildman–Crippen MR) is 188 cm³/mol. The molecule has 1 aromatic heterocycles. The number of unbranched alkanes of at least 4 members (excludes halogenated alkanes) is 1. The van der Waals surface area contributed by atoms with E-state index in [0.29, 0.717) is 38.2 Å². The average molecular weight is 661 g/mol. The van der Waals surface area contributed by atoms with Crippen molar-refractivity contribution in [3.8, 4) is 23.8 Å². The number of terminal acetylenes is 1. The Morgan fingerprint density at radius 1 is 1.27 bits per heavy atom. The fourth-order valence-corrected chi connectivity index (χ4v) is 6.82. The number of esters is 1. The number of rotatable bonds is 11. The van der Waals surface area contributed by atoms with Gasteiger partial charge in [0, 0.05) is 36.2 Å². The molecule has 2 heterocycles. The first-order valence-corrected chi connectivity index (χ1v) is 17.2. The maximum Gasteiger partial charge on any atom is 0.316 e. The summed E-state index contributed by atoms with van der Waals surface area (Å²) in [6, 6.07) is 6.99. The molecule has 1 saturated heterocycles. The Bertz CT molecular complexity index is 1400. The van der Waals surface area contributed by atoms with E-state index in [-0.39, 0.29) is 36.1 Å². The lowest BCUT2D eigenvalue weighted by Crippen LogP contribution is -2.65. The molecule has 0 spiro atoms. The highest BCUT2D eigenvalue weighted by atomic mass is 16.6. The van der Waals surface area contributed by atoms with Gasteiger partial charge in [0.25, 0.3) is 0 Å². The van der Waals surface area contributed by atoms with Crippen molar-refractivity contribution in [1.82, 2.24) is 25.6 Å². The quantitative estimate of drug-likeness (QED) is 0.0615. The van der Waals surface area contributed by atoms with Crippen LogP contribution in [0.5, 0.6) is 0 Å². The summed E-state index contributed by atoms with van der Waals surface area (Å²) in [7, 11) is 6.57. The zero-order chi connectivity index (χ0) is 35.4. The van der Waals surface area contributed by atoms with Gasteiger partial charge in [0.15, 0.2) is 5.60 Å². The van der Waals surface area contributed by atoms with Crippen molar-refractivity contribution in [1.29, 1.82) is 0 Å². The standard InChI is InChI=1S/C36H53BN6O5/c1-8-31-36(7,47-9-2)34(39-16-10-11-17-43-22-30(41-42-43)27-13-12-14-29(38)20-27)26(6)40-21-23(3)19-28(15-18-44)32(37)24(4)33(45)25(5)35(46)48-31/h2,12-14,18,20,22-26,28,31-32,34,39-40H,8,10-11,15-17,19,21,38H2,1,3-7H3/t23-,24-,25-,26-,28+,31-,32-,34-,36-/m1/s1. The summed E-state index contributed by atoms with van der Waals surface area (Å²) in [5.41, 5.74) is 7.13. The highest BCUT2D eigenvalue weighted by molar-refractivity contribution is 6.15. The summed E-state index contributed by atoms with van der Waals surface area (Å²) >= 11 is 0. The van der Waals surface area contributed by atoms with E-state index >= 15 is 0 Å². The topological polar surface area (TPSA) is 150 Å². The molecule has 12 heteroatoms. The molecular weight excluding hydrogens is 607 g/mol. The zero-order valence-corrected chi connectivity index (χ0v) is 29.4. The number of aromatic nitrogens is 3. The molecular formula is C36H53BN6O5. The van der Waals surface area contributed by atoms with Crippen LogP contribution in [0, 0.1) is 36.2 Å². The van der Waals surface area contributed by atoms with Crippen LogP contribution in [0.15, 0.2) is 30.5 Å². The van der Waals surface area contributed by atoms with Crippen LogP contribution < -0.4 is 16.4 Å². The number of hydrogen-bond donors (Lipinski definition) is 3. The Balaban J connectivity index is 1.80. The minimum absolute atomic E-state index is 0.147. The van der Waals surface area contributed by atoms with E-state index in [2.05, 4.69) is 34.0 Å². The van der Waals surface area contributed by atoms with Gasteiger partial charge in [-0.1, -0.05) is 50.4 Å². The maximum absolute atomic E-state index is 13.5. The number of carbonyl (C=O) groups excluding carboxylic acids is 3. The van der Waals surface area contributed by atoms with Crippen molar-refractivity contribution in [2.45, 2.75) is 110 Å². The van der Waals surface area contributed by atoms with Gasteiger partial charge >= 0.3 is 5.97 Å². The molecule has 2 radical (unpaired) electrons. The van der Waals surface area contributed by atoms with E-state index in [4.69, 9.17) is 29.5 Å². The second-order valence-corrected chi connectivity index (χ2v) is 13.6. The highest BCUT2D eigenvalue weighted by Gasteiger charge is 2.48. The van der Waals surface area contributed by atoms with E-state index < -0.39 is 35.3 Å². The Morgan fingerprint density at radius 3 is 2.69 bits per heavy atom. The number of cyclic esters (lactones) is 1. The SMILES string of the molecule is [B][C@H]1[C@@H](CC=O)C[C@@H](C)CN[C@H](C)[C@@H](NCCCCn2cc(-c3cccc(N)c3)nn2)[C@](C)(OC#C)[C@@H](CC)OC(=O)[C@H](C)C(=O)[C@@H]1C. The largest absolute Gasteiger partial charge is 0.457 e. The van der Waals surface area contributed by atoms with Crippen molar-refractivity contribution in [2.24, 2.45) is 23.7 Å². The molecule has 0 aliphatic carbocycles. The van der Waals surface area contributed by atoms with Crippen LogP contribution in [-0.2, 0) is 30.4 Å². The predicted octanol–water partition coefficient (Wildman–Crippen LogP) is 3.97. The number of benzene rings is 1. The van der Waals surface area contributed by atoms with Crippen molar-refractivity contribution < 1.29 is 23.9 Å². The molecule has 3 rings (SSSR count). The van der Waals surface area contributed by atoms with E-state index in [9.17, 15) is 14.4 Å². The molecule has 48 heavy (non-hydrogen) atoms. The molecule has 11 nitrogen and oxygen atoms in total. The molecule has 1 aromatic carbocycles. The lowest BCUT2D eigenvalue weighted by atomic mass is 9.63. The number of Topliss-reactive ketones (excluding diaryl/α,β-unsaturated/α-hetero) is 1. The molecule has 4 N–H and O–H groups in total. The first-order valence-electron chi connectivity index (χ1n) is 17.2. The number of ketones is 1. The fourth-order valence-electron chi connectivity index (χ4n) is 6.82. The van der Waals surface area contributed by atoms with E-state index in [0.717, 1.165) is 30.4 Å². The number of carbonyl (C=O) groups is 3. The van der Waals surface area contributed by atoms with Crippen LogP contribution in [0.4, 0.5) is 5.69 Å². The van der Waals surface area contributed by atoms with Gasteiger partial charge in [-0.15, -0.1) is 5.10 Å². The van der Waals surface area contributed by atoms with Gasteiger partial charge in [-0.25, -0.2) is 0 Å². The number of ether oxygens (including phenoxy) is 2. The third kappa shape index (κ3) is 9.92. The van der Waals surface area contributed by atoms with Crippen molar-refractivity contribution in [2.75, 3.05) is 18.8 Å². The van der Waals surface area contributed by atoms with Crippen LogP contribution in [-0.4, -0.2) is 77.8 Å². The summed E-state index contributed by atoms with van der Waals surface area (Å²) in [6.45, 7) is 13.1. The van der Waals surface area contributed by atoms with E-state index in [1.54, 1.807) is 13.8 Å². The van der Waals surface area contributed by atoms with Crippen LogP contribution >= 0.6 is 0 Å². The number of nitrogens with zero attached hydrogens (tertiary/aromatic N) is 3. The smallest absolute Gasteiger partial charge is 0.316 e. The Kier molecular flexibility index (Phi) is 14.7. The monoisotopic (exact) mass is 660 g/mol. The molecule has 0 unspecified atom stereocenters. The third-order valence-corrected chi connectivity index (χ3v) is 9.81. The number of anilines is 1. The number of aldehydes is 1. The second kappa shape index (κ2) is 18.2. The molecule has 1 aliphatic heterocycles. The molecule has 1 fully saturated rings. The summed E-state index contributed by atoms with van der Waals surface area (Å²) in [5, 5.41) is 15.9. The van der Waals surface area contributed by atoms with Gasteiger partial charge in [-0.2, -0.15) is 0 Å². The molecule has 2 aromatic rings. The molecule has 0 amide bonds. The molecule has 9 atom stereocenters. The summed E-state index contributed by atoms with van der Waals surface area (Å²) in [6.07, 6.45) is 13.0. The minimum Gasteiger partial charge on any atom is -0.457 e. The van der Waals surface area contributed by atoms with Crippen molar-refractivity contribution in [3.05, 3.63) is 30.5 Å². The number of aryl methyl sites for hydroxylation is 1. The van der Waals surface area contributed by atoms with Gasteiger partial charge < -0.3 is 30.6 Å². The molecule has 0 saturated carbocycles. The summed E-state index contributed by atoms with van der Waals surface area (Å²) in [4.78, 5) is 38.5. The van der Waals surface area contributed by atoms with Crippen molar-refractivity contribution in [3.63, 3.8) is 0 Å². The lowest BCUT2D eigenvalue weighted by Gasteiger charge is -2.44. The second-order valence-electron chi connectivity index (χ2n) is 13.6. The number of hydrogen-bond acceptors (Lipinski definition) is 10. The fraction of sp³-hybridized carbons (Fsp3) is 0.639.